The number of amides is 3. The molecule has 0 spiro atoms. The van der Waals surface area contributed by atoms with Crippen LogP contribution in [0.1, 0.15) is 40.0 Å². The summed E-state index contributed by atoms with van der Waals surface area (Å²) in [5.74, 6) is -3.71. The fraction of sp³-hybridized carbons (Fsp3) is 0.722. The number of carbonyl (C=O) groups is 4. The summed E-state index contributed by atoms with van der Waals surface area (Å²) < 4.78 is 0. The van der Waals surface area contributed by atoms with Crippen molar-refractivity contribution in [1.29, 1.82) is 0 Å². The van der Waals surface area contributed by atoms with Crippen LogP contribution < -0.4 is 33.2 Å². The zero-order valence-electron chi connectivity index (χ0n) is 18.1. The average Bonchev–Trinajstić information content (AvgIpc) is 2.71. The molecule has 0 aliphatic rings. The van der Waals surface area contributed by atoms with Crippen LogP contribution in [0.25, 0.3) is 0 Å². The number of carboxylic acid groups (broad SMARTS) is 1. The lowest BCUT2D eigenvalue weighted by atomic mass is 9.97. The third kappa shape index (κ3) is 10.6. The number of guanidine groups is 1. The minimum Gasteiger partial charge on any atom is -0.480 e. The molecule has 0 fully saturated rings. The van der Waals surface area contributed by atoms with Gasteiger partial charge in [0.15, 0.2) is 5.96 Å². The lowest BCUT2D eigenvalue weighted by Gasteiger charge is -2.27. The second-order valence-electron chi connectivity index (χ2n) is 7.24. The smallest absolute Gasteiger partial charge is 0.325 e. The molecule has 5 unspecified atom stereocenters. The number of aliphatic hydroxyl groups excluding tert-OH is 1. The Balaban J connectivity index is 5.42. The number of hydrogen-bond donors (Lipinski definition) is 8. The molecule has 11 N–H and O–H groups in total. The Hall–Kier alpha value is -2.93. The van der Waals surface area contributed by atoms with E-state index < -0.39 is 54.5 Å². The molecule has 0 saturated carbocycles. The van der Waals surface area contributed by atoms with Crippen LogP contribution in [0, 0.1) is 5.92 Å². The summed E-state index contributed by atoms with van der Waals surface area (Å²) >= 11 is 0. The van der Waals surface area contributed by atoms with E-state index in [-0.39, 0.29) is 24.8 Å². The van der Waals surface area contributed by atoms with E-state index >= 15 is 0 Å². The molecule has 0 bridgehead atoms. The fourth-order valence-electron chi connectivity index (χ4n) is 2.45. The number of nitrogens with two attached hydrogens (primary N) is 3. The molecule has 0 radical (unpaired) electrons. The van der Waals surface area contributed by atoms with E-state index in [1.165, 1.54) is 6.92 Å². The summed E-state index contributed by atoms with van der Waals surface area (Å²) in [7, 11) is 0. The van der Waals surface area contributed by atoms with Crippen LogP contribution in [0.2, 0.25) is 0 Å². The third-order valence-electron chi connectivity index (χ3n) is 4.63. The molecule has 178 valence electrons. The molecule has 13 nitrogen and oxygen atoms in total. The van der Waals surface area contributed by atoms with Gasteiger partial charge in [0, 0.05) is 6.54 Å². The quantitative estimate of drug-likeness (QED) is 0.0769. The summed E-state index contributed by atoms with van der Waals surface area (Å²) in [6.45, 7) is 4.44. The number of hydrogen-bond acceptors (Lipinski definition) is 7. The number of carboxylic acids is 1. The maximum atomic E-state index is 12.9. The van der Waals surface area contributed by atoms with Crippen molar-refractivity contribution >= 4 is 29.7 Å². The van der Waals surface area contributed by atoms with E-state index in [4.69, 9.17) is 27.4 Å². The normalized spacial score (nSPS) is 15.5. The van der Waals surface area contributed by atoms with Crippen molar-refractivity contribution in [2.75, 3.05) is 13.2 Å². The molecule has 0 aromatic carbocycles. The second-order valence-corrected chi connectivity index (χ2v) is 7.24. The topological polar surface area (TPSA) is 235 Å². The number of nitrogens with one attached hydrogen (secondary N) is 3. The first-order valence-electron chi connectivity index (χ1n) is 10.00. The Morgan fingerprint density at radius 2 is 1.61 bits per heavy atom. The van der Waals surface area contributed by atoms with Gasteiger partial charge in [0.1, 0.15) is 24.2 Å². The molecular formula is C18H35N7O6. The number of aliphatic hydroxyl groups is 1. The molecule has 3 amide bonds. The molecular weight excluding hydrogens is 410 g/mol. The van der Waals surface area contributed by atoms with E-state index in [9.17, 15) is 19.2 Å². The van der Waals surface area contributed by atoms with Crippen molar-refractivity contribution in [2.24, 2.45) is 28.1 Å². The first-order chi connectivity index (χ1) is 14.4. The molecule has 0 saturated heterocycles. The van der Waals surface area contributed by atoms with Gasteiger partial charge in [-0.25, -0.2) is 0 Å². The Morgan fingerprint density at radius 3 is 2.10 bits per heavy atom. The van der Waals surface area contributed by atoms with Crippen molar-refractivity contribution < 1.29 is 29.4 Å². The van der Waals surface area contributed by atoms with Gasteiger partial charge in [-0.1, -0.05) is 20.3 Å². The van der Waals surface area contributed by atoms with Gasteiger partial charge in [-0.15, -0.1) is 0 Å². The lowest BCUT2D eigenvalue weighted by molar-refractivity contribution is -0.142. The van der Waals surface area contributed by atoms with E-state index in [2.05, 4.69) is 20.9 Å². The fourth-order valence-corrected chi connectivity index (χ4v) is 2.45. The number of aliphatic imine (C=N–C) groups is 1. The van der Waals surface area contributed by atoms with Gasteiger partial charge < -0.3 is 43.4 Å². The Morgan fingerprint density at radius 1 is 1.00 bits per heavy atom. The highest BCUT2D eigenvalue weighted by Gasteiger charge is 2.31. The van der Waals surface area contributed by atoms with Crippen molar-refractivity contribution in [3.63, 3.8) is 0 Å². The molecule has 0 aliphatic heterocycles. The van der Waals surface area contributed by atoms with Crippen molar-refractivity contribution in [2.45, 2.75) is 64.2 Å². The van der Waals surface area contributed by atoms with Gasteiger partial charge in [0.05, 0.1) is 6.61 Å². The Labute approximate surface area is 181 Å². The third-order valence-corrected chi connectivity index (χ3v) is 4.63. The Bertz CT molecular complexity index is 653. The van der Waals surface area contributed by atoms with Gasteiger partial charge >= 0.3 is 5.97 Å². The standard InChI is InChI=1S/C18H35N7O6/c1-4-9(2)13(16(29)23-10(3)17(30)31)25-15(28)12(6-5-7-22-18(20)21)24-14(27)11(19)8-26/h9-13,26H,4-8,19H2,1-3H3,(H,23,29)(H,24,27)(H,25,28)(H,30,31)(H4,20,21,22). The summed E-state index contributed by atoms with van der Waals surface area (Å²) in [5, 5.41) is 25.4. The molecule has 0 rings (SSSR count). The molecule has 0 aromatic heterocycles. The maximum absolute atomic E-state index is 12.9. The van der Waals surface area contributed by atoms with Crippen LogP contribution in [0.3, 0.4) is 0 Å². The highest BCUT2D eigenvalue weighted by Crippen LogP contribution is 2.10. The average molecular weight is 446 g/mol. The van der Waals surface area contributed by atoms with Crippen LogP contribution in [-0.2, 0) is 19.2 Å². The van der Waals surface area contributed by atoms with E-state index in [0.29, 0.717) is 12.8 Å². The molecule has 0 heterocycles. The number of aliphatic carboxylic acids is 1. The van der Waals surface area contributed by atoms with Gasteiger partial charge in [0.25, 0.3) is 0 Å². The second kappa shape index (κ2) is 14.1. The molecule has 5 atom stereocenters. The Kier molecular flexibility index (Phi) is 12.8. The maximum Gasteiger partial charge on any atom is 0.325 e. The molecule has 31 heavy (non-hydrogen) atoms. The first-order valence-corrected chi connectivity index (χ1v) is 10.00. The lowest BCUT2D eigenvalue weighted by Crippen LogP contribution is -2.58. The summed E-state index contributed by atoms with van der Waals surface area (Å²) in [6, 6.07) is -4.47. The van der Waals surface area contributed by atoms with Crippen LogP contribution in [-0.4, -0.2) is 77.2 Å². The van der Waals surface area contributed by atoms with Crippen molar-refractivity contribution in [3.8, 4) is 0 Å². The van der Waals surface area contributed by atoms with Gasteiger partial charge in [-0.3, -0.25) is 24.2 Å². The number of carbonyl (C=O) groups excluding carboxylic acids is 3. The zero-order valence-corrected chi connectivity index (χ0v) is 18.1. The van der Waals surface area contributed by atoms with Gasteiger partial charge in [-0.2, -0.15) is 0 Å². The summed E-state index contributed by atoms with van der Waals surface area (Å²) in [6.07, 6.45) is 0.991. The first kappa shape index (κ1) is 28.1. The van der Waals surface area contributed by atoms with Crippen LogP contribution in [0.15, 0.2) is 4.99 Å². The van der Waals surface area contributed by atoms with Crippen molar-refractivity contribution in [1.82, 2.24) is 16.0 Å². The number of nitrogens with zero attached hydrogens (tertiary/aromatic N) is 1. The predicted molar refractivity (Wildman–Crippen MR) is 114 cm³/mol. The molecule has 0 aliphatic carbocycles. The largest absolute Gasteiger partial charge is 0.480 e. The summed E-state index contributed by atoms with van der Waals surface area (Å²) in [5.41, 5.74) is 16.0. The van der Waals surface area contributed by atoms with E-state index in [1.807, 2.05) is 6.92 Å². The number of rotatable bonds is 14. The zero-order chi connectivity index (χ0) is 24.1. The van der Waals surface area contributed by atoms with E-state index in [1.54, 1.807) is 6.92 Å². The van der Waals surface area contributed by atoms with Crippen LogP contribution in [0.5, 0.6) is 0 Å². The van der Waals surface area contributed by atoms with Crippen molar-refractivity contribution in [3.05, 3.63) is 0 Å². The van der Waals surface area contributed by atoms with E-state index in [0.717, 1.165) is 0 Å². The minimum absolute atomic E-state index is 0.117. The summed E-state index contributed by atoms with van der Waals surface area (Å²) in [4.78, 5) is 52.3. The SMILES string of the molecule is CCC(C)C(NC(=O)C(CCCN=C(N)N)NC(=O)C(N)CO)C(=O)NC(C)C(=O)O. The highest BCUT2D eigenvalue weighted by atomic mass is 16.4. The minimum atomic E-state index is -1.22. The molecule has 0 aromatic rings. The van der Waals surface area contributed by atoms with Crippen LogP contribution in [0.4, 0.5) is 0 Å². The van der Waals surface area contributed by atoms with Gasteiger partial charge in [0.2, 0.25) is 17.7 Å². The van der Waals surface area contributed by atoms with Gasteiger partial charge in [-0.05, 0) is 25.7 Å². The highest BCUT2D eigenvalue weighted by molar-refractivity contribution is 5.94. The monoisotopic (exact) mass is 445 g/mol. The predicted octanol–water partition coefficient (Wildman–Crippen LogP) is -3.04. The van der Waals surface area contributed by atoms with Crippen LogP contribution >= 0.6 is 0 Å². The molecule has 13 heteroatoms.